The molecule has 1 N–H and O–H groups in total. The number of methoxy groups -OCH3 is 1. The van der Waals surface area contributed by atoms with E-state index >= 15 is 0 Å². The maximum Gasteiger partial charge on any atom is 0.273 e. The number of nitrogens with zero attached hydrogens (tertiary/aromatic N) is 3. The lowest BCUT2D eigenvalue weighted by atomic mass is 10.1. The first-order valence-corrected chi connectivity index (χ1v) is 10.9. The SMILES string of the molecule is COc1cc(C=NNC(=O)c2ccccc2-n2cccc2)ccc1OCC(=O)N1CCOCC1. The normalized spacial score (nSPS) is 13.6. The van der Waals surface area contributed by atoms with Crippen LogP contribution in [0.15, 0.2) is 72.1 Å². The van der Waals surface area contributed by atoms with Crippen molar-refractivity contribution in [2.45, 2.75) is 0 Å². The second-order valence-corrected chi connectivity index (χ2v) is 7.50. The van der Waals surface area contributed by atoms with Crippen molar-refractivity contribution >= 4 is 18.0 Å². The Hall–Kier alpha value is -4.11. The zero-order valence-corrected chi connectivity index (χ0v) is 18.8. The fourth-order valence-corrected chi connectivity index (χ4v) is 3.54. The third kappa shape index (κ3) is 5.62. The summed E-state index contributed by atoms with van der Waals surface area (Å²) in [4.78, 5) is 26.7. The maximum absolute atomic E-state index is 12.7. The van der Waals surface area contributed by atoms with Gasteiger partial charge in [0.25, 0.3) is 11.8 Å². The van der Waals surface area contributed by atoms with Gasteiger partial charge in [-0.1, -0.05) is 12.1 Å². The smallest absolute Gasteiger partial charge is 0.273 e. The summed E-state index contributed by atoms with van der Waals surface area (Å²) in [5.41, 5.74) is 4.52. The van der Waals surface area contributed by atoms with Crippen molar-refractivity contribution in [1.29, 1.82) is 0 Å². The second kappa shape index (κ2) is 11.2. The molecule has 0 saturated carbocycles. The predicted molar refractivity (Wildman–Crippen MR) is 127 cm³/mol. The Balaban J connectivity index is 1.37. The van der Waals surface area contributed by atoms with Gasteiger partial charge in [-0.25, -0.2) is 5.43 Å². The van der Waals surface area contributed by atoms with E-state index < -0.39 is 0 Å². The van der Waals surface area contributed by atoms with E-state index in [1.54, 1.807) is 35.2 Å². The van der Waals surface area contributed by atoms with Gasteiger partial charge in [-0.3, -0.25) is 9.59 Å². The molecule has 0 bridgehead atoms. The van der Waals surface area contributed by atoms with Crippen molar-refractivity contribution in [2.75, 3.05) is 40.0 Å². The number of benzene rings is 2. The highest BCUT2D eigenvalue weighted by Gasteiger charge is 2.18. The average Bonchev–Trinajstić information content (AvgIpc) is 3.43. The van der Waals surface area contributed by atoms with Gasteiger partial charge in [0.2, 0.25) is 0 Å². The zero-order chi connectivity index (χ0) is 23.8. The van der Waals surface area contributed by atoms with Gasteiger partial charge in [-0.2, -0.15) is 5.10 Å². The van der Waals surface area contributed by atoms with E-state index in [2.05, 4.69) is 10.5 Å². The zero-order valence-electron chi connectivity index (χ0n) is 18.8. The third-order valence-corrected chi connectivity index (χ3v) is 5.31. The number of aromatic nitrogens is 1. The van der Waals surface area contributed by atoms with Gasteiger partial charge < -0.3 is 23.7 Å². The molecule has 0 unspecified atom stereocenters. The van der Waals surface area contributed by atoms with Crippen molar-refractivity contribution in [3.05, 3.63) is 78.1 Å². The summed E-state index contributed by atoms with van der Waals surface area (Å²) in [7, 11) is 1.52. The topological polar surface area (TPSA) is 94.4 Å². The number of rotatable bonds is 8. The van der Waals surface area contributed by atoms with Crippen LogP contribution in [0, 0.1) is 0 Å². The van der Waals surface area contributed by atoms with E-state index in [0.29, 0.717) is 48.9 Å². The van der Waals surface area contributed by atoms with Gasteiger partial charge in [0.1, 0.15) is 0 Å². The molecule has 9 nitrogen and oxygen atoms in total. The molecule has 2 aromatic carbocycles. The highest BCUT2D eigenvalue weighted by molar-refractivity contribution is 5.98. The predicted octanol–water partition coefficient (Wildman–Crippen LogP) is 2.49. The van der Waals surface area contributed by atoms with Crippen LogP contribution in [0.4, 0.5) is 0 Å². The Morgan fingerprint density at radius 2 is 1.82 bits per heavy atom. The number of amides is 2. The summed E-state index contributed by atoms with van der Waals surface area (Å²) < 4.78 is 18.2. The van der Waals surface area contributed by atoms with E-state index in [9.17, 15) is 9.59 Å². The second-order valence-electron chi connectivity index (χ2n) is 7.50. The standard InChI is InChI=1S/C25H26N4O5/c1-32-23-16-19(8-9-22(23)34-18-24(30)29-12-14-33-15-13-29)17-26-27-25(31)20-6-2-3-7-21(20)28-10-4-5-11-28/h2-11,16-17H,12-15,18H2,1H3,(H,27,31). The van der Waals surface area contributed by atoms with E-state index in [-0.39, 0.29) is 18.4 Å². The van der Waals surface area contributed by atoms with E-state index in [4.69, 9.17) is 14.2 Å². The minimum absolute atomic E-state index is 0.0827. The molecular weight excluding hydrogens is 436 g/mol. The number of hydrogen-bond acceptors (Lipinski definition) is 6. The summed E-state index contributed by atoms with van der Waals surface area (Å²) >= 11 is 0. The third-order valence-electron chi connectivity index (χ3n) is 5.31. The molecule has 0 spiro atoms. The molecule has 1 fully saturated rings. The molecule has 1 aromatic heterocycles. The van der Waals surface area contributed by atoms with Crippen molar-refractivity contribution < 1.29 is 23.8 Å². The molecule has 1 aliphatic rings. The largest absolute Gasteiger partial charge is 0.493 e. The molecule has 2 heterocycles. The van der Waals surface area contributed by atoms with Crippen LogP contribution in [0.5, 0.6) is 11.5 Å². The number of hydrazone groups is 1. The van der Waals surface area contributed by atoms with E-state index in [1.165, 1.54) is 13.3 Å². The minimum Gasteiger partial charge on any atom is -0.493 e. The molecule has 0 atom stereocenters. The average molecular weight is 463 g/mol. The molecule has 0 aliphatic carbocycles. The van der Waals surface area contributed by atoms with Crippen LogP contribution in [0.2, 0.25) is 0 Å². The molecular formula is C25H26N4O5. The Bertz CT molecular complexity index is 1150. The number of carbonyl (C=O) groups is 2. The highest BCUT2D eigenvalue weighted by Crippen LogP contribution is 2.27. The summed E-state index contributed by atoms with van der Waals surface area (Å²) in [6.45, 7) is 2.13. The van der Waals surface area contributed by atoms with Gasteiger partial charge in [-0.05, 0) is 48.0 Å². The van der Waals surface area contributed by atoms with Crippen LogP contribution >= 0.6 is 0 Å². The van der Waals surface area contributed by atoms with Crippen molar-refractivity contribution in [1.82, 2.24) is 14.9 Å². The number of para-hydroxylation sites is 1. The maximum atomic E-state index is 12.7. The van der Waals surface area contributed by atoms with Crippen LogP contribution in [-0.4, -0.2) is 67.5 Å². The number of ether oxygens (including phenoxy) is 3. The summed E-state index contributed by atoms with van der Waals surface area (Å²) in [5, 5.41) is 4.08. The van der Waals surface area contributed by atoms with Gasteiger partial charge >= 0.3 is 0 Å². The van der Waals surface area contributed by atoms with Crippen molar-refractivity contribution in [3.8, 4) is 17.2 Å². The molecule has 1 aliphatic heterocycles. The molecule has 34 heavy (non-hydrogen) atoms. The lowest BCUT2D eigenvalue weighted by Crippen LogP contribution is -2.43. The first kappa shape index (κ1) is 23.1. The molecule has 9 heteroatoms. The summed E-state index contributed by atoms with van der Waals surface area (Å²) in [5.74, 6) is 0.488. The van der Waals surface area contributed by atoms with Gasteiger partial charge in [0.15, 0.2) is 18.1 Å². The molecule has 2 amide bonds. The minimum atomic E-state index is -0.325. The first-order valence-electron chi connectivity index (χ1n) is 10.9. The monoisotopic (exact) mass is 462 g/mol. The summed E-state index contributed by atoms with van der Waals surface area (Å²) in [6.07, 6.45) is 5.26. The van der Waals surface area contributed by atoms with Crippen LogP contribution in [0.1, 0.15) is 15.9 Å². The number of carbonyl (C=O) groups excluding carboxylic acids is 2. The van der Waals surface area contributed by atoms with E-state index in [1.807, 2.05) is 41.2 Å². The van der Waals surface area contributed by atoms with Crippen molar-refractivity contribution in [3.63, 3.8) is 0 Å². The number of hydrogen-bond donors (Lipinski definition) is 1. The molecule has 4 rings (SSSR count). The van der Waals surface area contributed by atoms with Crippen LogP contribution in [0.3, 0.4) is 0 Å². The number of nitrogens with one attached hydrogen (secondary N) is 1. The van der Waals surface area contributed by atoms with Gasteiger partial charge in [-0.15, -0.1) is 0 Å². The lowest BCUT2D eigenvalue weighted by molar-refractivity contribution is -0.137. The van der Waals surface area contributed by atoms with Gasteiger partial charge in [0.05, 0.1) is 37.8 Å². The Labute approximate surface area is 197 Å². The Kier molecular flexibility index (Phi) is 7.56. The molecule has 176 valence electrons. The first-order chi connectivity index (χ1) is 16.7. The summed E-state index contributed by atoms with van der Waals surface area (Å²) in [6, 6.07) is 16.3. The Morgan fingerprint density at radius 1 is 1.06 bits per heavy atom. The van der Waals surface area contributed by atoms with Crippen LogP contribution in [-0.2, 0) is 9.53 Å². The molecule has 0 radical (unpaired) electrons. The van der Waals surface area contributed by atoms with E-state index in [0.717, 1.165) is 5.69 Å². The fourth-order valence-electron chi connectivity index (χ4n) is 3.54. The quantitative estimate of drug-likeness (QED) is 0.410. The number of morpholine rings is 1. The molecule has 1 saturated heterocycles. The molecule has 3 aromatic rings. The Morgan fingerprint density at radius 3 is 2.59 bits per heavy atom. The van der Waals surface area contributed by atoms with Crippen LogP contribution in [0.25, 0.3) is 5.69 Å². The van der Waals surface area contributed by atoms with Crippen LogP contribution < -0.4 is 14.9 Å². The lowest BCUT2D eigenvalue weighted by Gasteiger charge is -2.26. The highest BCUT2D eigenvalue weighted by atomic mass is 16.5. The van der Waals surface area contributed by atoms with Gasteiger partial charge in [0, 0.05) is 25.5 Å². The fraction of sp³-hybridized carbons (Fsp3) is 0.240. The van der Waals surface area contributed by atoms with Crippen molar-refractivity contribution in [2.24, 2.45) is 5.10 Å².